The van der Waals surface area contributed by atoms with Crippen LogP contribution in [-0.4, -0.2) is 47.4 Å². The molecule has 0 radical (unpaired) electrons. The molecule has 3 heterocycles. The molecule has 148 valence electrons. The molecule has 1 aromatic carbocycles. The third-order valence-corrected chi connectivity index (χ3v) is 4.95. The maximum absolute atomic E-state index is 12.4. The van der Waals surface area contributed by atoms with Crippen LogP contribution < -0.4 is 10.2 Å². The van der Waals surface area contributed by atoms with E-state index in [1.165, 1.54) is 6.08 Å². The van der Waals surface area contributed by atoms with Crippen LogP contribution in [0.2, 0.25) is 5.02 Å². The van der Waals surface area contributed by atoms with Crippen LogP contribution in [0.3, 0.4) is 0 Å². The maximum atomic E-state index is 12.4. The molecule has 7 nitrogen and oxygen atoms in total. The summed E-state index contributed by atoms with van der Waals surface area (Å²) in [6.07, 6.45) is 10.1. The molecule has 2 N–H and O–H groups in total. The van der Waals surface area contributed by atoms with Gasteiger partial charge in [0.25, 0.3) is 0 Å². The third kappa shape index (κ3) is 4.64. The summed E-state index contributed by atoms with van der Waals surface area (Å²) in [6.45, 7) is 2.99. The highest BCUT2D eigenvalue weighted by molar-refractivity contribution is 6.33. The molecule has 0 unspecified atom stereocenters. The highest BCUT2D eigenvalue weighted by Gasteiger charge is 2.14. The van der Waals surface area contributed by atoms with Crippen LogP contribution in [0, 0.1) is 0 Å². The van der Waals surface area contributed by atoms with Crippen LogP contribution in [0.25, 0.3) is 17.2 Å². The minimum atomic E-state index is -0.248. The smallest absolute Gasteiger partial charge is 0.248 e. The first-order valence-corrected chi connectivity index (χ1v) is 9.63. The van der Waals surface area contributed by atoms with Gasteiger partial charge in [-0.1, -0.05) is 11.6 Å². The normalized spacial score (nSPS) is 14.3. The molecule has 3 aromatic rings. The Labute approximate surface area is 173 Å². The van der Waals surface area contributed by atoms with Crippen LogP contribution in [0.5, 0.6) is 0 Å². The van der Waals surface area contributed by atoms with Crippen molar-refractivity contribution in [3.05, 3.63) is 65.7 Å². The molecule has 2 aromatic heterocycles. The summed E-state index contributed by atoms with van der Waals surface area (Å²) in [6, 6.07) is 7.42. The molecule has 0 saturated carbocycles. The Bertz CT molecular complexity index is 1010. The Morgan fingerprint density at radius 3 is 2.86 bits per heavy atom. The summed E-state index contributed by atoms with van der Waals surface area (Å²) in [5.74, 6) is -0.248. The van der Waals surface area contributed by atoms with Crippen molar-refractivity contribution in [1.82, 2.24) is 15.2 Å². The van der Waals surface area contributed by atoms with Crippen LogP contribution in [-0.2, 0) is 9.53 Å². The van der Waals surface area contributed by atoms with Crippen molar-refractivity contribution in [2.45, 2.75) is 0 Å². The number of hydrogen-bond donors (Lipinski definition) is 2. The number of ether oxygens (including phenoxy) is 1. The van der Waals surface area contributed by atoms with E-state index in [0.29, 0.717) is 23.9 Å². The Morgan fingerprint density at radius 1 is 1.24 bits per heavy atom. The summed E-state index contributed by atoms with van der Waals surface area (Å²) in [5.41, 5.74) is 4.28. The quantitative estimate of drug-likeness (QED) is 0.629. The van der Waals surface area contributed by atoms with Crippen molar-refractivity contribution in [3.8, 4) is 11.1 Å². The van der Waals surface area contributed by atoms with Crippen LogP contribution in [0.1, 0.15) is 5.56 Å². The van der Waals surface area contributed by atoms with E-state index in [-0.39, 0.29) is 5.91 Å². The van der Waals surface area contributed by atoms with Gasteiger partial charge in [0.15, 0.2) is 0 Å². The molecule has 0 spiro atoms. The molecule has 0 aliphatic carbocycles. The zero-order chi connectivity index (χ0) is 20.1. The number of benzene rings is 1. The Morgan fingerprint density at radius 2 is 2.10 bits per heavy atom. The maximum Gasteiger partial charge on any atom is 0.248 e. The van der Waals surface area contributed by atoms with Crippen molar-refractivity contribution in [2.75, 3.05) is 36.5 Å². The number of nitrogens with zero attached hydrogens (tertiary/aromatic N) is 3. The lowest BCUT2D eigenvalue weighted by atomic mass is 10.0. The lowest BCUT2D eigenvalue weighted by Crippen LogP contribution is -2.36. The van der Waals surface area contributed by atoms with Gasteiger partial charge in [-0.3, -0.25) is 14.9 Å². The van der Waals surface area contributed by atoms with E-state index < -0.39 is 0 Å². The topological polar surface area (TPSA) is 83.1 Å². The molecule has 1 saturated heterocycles. The average Bonchev–Trinajstić information content (AvgIpc) is 3.28. The number of halogens is 1. The fourth-order valence-electron chi connectivity index (χ4n) is 3.20. The first kappa shape index (κ1) is 19.2. The second kappa shape index (κ2) is 8.89. The number of aromatic nitrogens is 3. The predicted molar refractivity (Wildman–Crippen MR) is 114 cm³/mol. The first-order chi connectivity index (χ1) is 14.2. The number of anilines is 2. The van der Waals surface area contributed by atoms with Crippen LogP contribution in [0.15, 0.2) is 55.1 Å². The fraction of sp³-hybridized carbons (Fsp3) is 0.190. The summed E-state index contributed by atoms with van der Waals surface area (Å²) in [5, 5.41) is 10.2. The molecular formula is C21H20ClN5O2. The molecule has 0 atom stereocenters. The van der Waals surface area contributed by atoms with Crippen molar-refractivity contribution in [1.29, 1.82) is 0 Å². The predicted octanol–water partition coefficient (Wildman–Crippen LogP) is 3.61. The number of nitrogens with one attached hydrogen (secondary N) is 2. The van der Waals surface area contributed by atoms with E-state index in [9.17, 15) is 4.79 Å². The third-order valence-electron chi connectivity index (χ3n) is 4.64. The molecule has 8 heteroatoms. The number of morpholine rings is 1. The Balaban J connectivity index is 1.44. The van der Waals surface area contributed by atoms with Crippen LogP contribution >= 0.6 is 11.6 Å². The molecule has 0 bridgehead atoms. The summed E-state index contributed by atoms with van der Waals surface area (Å²) in [4.78, 5) is 18.7. The molecule has 4 rings (SSSR count). The zero-order valence-corrected chi connectivity index (χ0v) is 16.4. The van der Waals surface area contributed by atoms with Crippen molar-refractivity contribution in [2.24, 2.45) is 0 Å². The van der Waals surface area contributed by atoms with Gasteiger partial charge in [-0.25, -0.2) is 0 Å². The summed E-state index contributed by atoms with van der Waals surface area (Å²) < 4.78 is 5.37. The Hall–Kier alpha value is -3.16. The van der Waals surface area contributed by atoms with Gasteiger partial charge < -0.3 is 15.0 Å². The minimum Gasteiger partial charge on any atom is -0.378 e. The van der Waals surface area contributed by atoms with Gasteiger partial charge in [0.1, 0.15) is 0 Å². The average molecular weight is 410 g/mol. The van der Waals surface area contributed by atoms with Gasteiger partial charge in [0.05, 0.1) is 30.1 Å². The lowest BCUT2D eigenvalue weighted by molar-refractivity contribution is -0.111. The van der Waals surface area contributed by atoms with Crippen molar-refractivity contribution < 1.29 is 9.53 Å². The number of carbonyl (C=O) groups excluding carboxylic acids is 1. The largest absolute Gasteiger partial charge is 0.378 e. The van der Waals surface area contributed by atoms with E-state index in [1.807, 2.05) is 18.2 Å². The van der Waals surface area contributed by atoms with Crippen LogP contribution in [0.4, 0.5) is 11.4 Å². The van der Waals surface area contributed by atoms with E-state index in [1.54, 1.807) is 36.9 Å². The van der Waals surface area contributed by atoms with E-state index >= 15 is 0 Å². The van der Waals surface area contributed by atoms with Crippen molar-refractivity contribution in [3.63, 3.8) is 0 Å². The highest BCUT2D eigenvalue weighted by atomic mass is 35.5. The monoisotopic (exact) mass is 409 g/mol. The number of rotatable bonds is 5. The van der Waals surface area contributed by atoms with E-state index in [2.05, 4.69) is 25.4 Å². The fourth-order valence-corrected chi connectivity index (χ4v) is 3.50. The summed E-state index contributed by atoms with van der Waals surface area (Å²) >= 11 is 6.43. The molecule has 1 aliphatic heterocycles. The van der Waals surface area contributed by atoms with E-state index in [4.69, 9.17) is 16.3 Å². The SMILES string of the molecule is O=C(/C=C/c1cnccc1-c1cn[nH]c1)Nc1ccc(N2CCOCC2)c(Cl)c1. The van der Waals surface area contributed by atoms with Gasteiger partial charge in [-0.15, -0.1) is 0 Å². The minimum absolute atomic E-state index is 0.248. The molecule has 1 aliphatic rings. The number of amides is 1. The second-order valence-corrected chi connectivity index (χ2v) is 6.95. The first-order valence-electron chi connectivity index (χ1n) is 9.25. The number of H-pyrrole nitrogens is 1. The molecular weight excluding hydrogens is 390 g/mol. The van der Waals surface area contributed by atoms with Gasteiger partial charge in [-0.05, 0) is 35.9 Å². The molecule has 1 fully saturated rings. The number of aromatic amines is 1. The van der Waals surface area contributed by atoms with Gasteiger partial charge in [0, 0.05) is 54.6 Å². The highest BCUT2D eigenvalue weighted by Crippen LogP contribution is 2.29. The summed E-state index contributed by atoms with van der Waals surface area (Å²) in [7, 11) is 0. The van der Waals surface area contributed by atoms with Gasteiger partial charge in [0.2, 0.25) is 5.91 Å². The van der Waals surface area contributed by atoms with Gasteiger partial charge >= 0.3 is 0 Å². The van der Waals surface area contributed by atoms with Gasteiger partial charge in [-0.2, -0.15) is 5.10 Å². The second-order valence-electron chi connectivity index (χ2n) is 6.54. The lowest BCUT2D eigenvalue weighted by Gasteiger charge is -2.29. The van der Waals surface area contributed by atoms with Crippen molar-refractivity contribution >= 4 is 35.0 Å². The number of hydrogen-bond acceptors (Lipinski definition) is 5. The standard InChI is InChI=1S/C21H20ClN5O2/c22-19-11-17(2-3-20(19)27-7-9-29-10-8-27)26-21(28)4-1-15-12-23-6-5-18(15)16-13-24-25-14-16/h1-6,11-14H,7-10H2,(H,24,25)(H,26,28)/b4-1+. The number of carbonyl (C=O) groups is 1. The number of pyridine rings is 1. The van der Waals surface area contributed by atoms with E-state index in [0.717, 1.165) is 35.5 Å². The Kier molecular flexibility index (Phi) is 5.88. The molecule has 29 heavy (non-hydrogen) atoms. The zero-order valence-electron chi connectivity index (χ0n) is 15.6. The molecule has 1 amide bonds.